The Hall–Kier alpha value is -2.38. The minimum absolute atomic E-state index is 0.1000. The maximum atomic E-state index is 12.9. The van der Waals surface area contributed by atoms with Crippen LogP contribution in [0.3, 0.4) is 0 Å². The van der Waals surface area contributed by atoms with Gasteiger partial charge in [0.15, 0.2) is 0 Å². The molecular formula is C22H29ClN4O3. The molecule has 8 heteroatoms. The molecule has 0 spiro atoms. The van der Waals surface area contributed by atoms with Gasteiger partial charge in [0.2, 0.25) is 0 Å². The number of aromatic nitrogens is 2. The van der Waals surface area contributed by atoms with Crippen LogP contribution >= 0.6 is 11.6 Å². The van der Waals surface area contributed by atoms with Crippen molar-refractivity contribution in [2.45, 2.75) is 45.7 Å². The second kappa shape index (κ2) is 10.1. The van der Waals surface area contributed by atoms with Crippen molar-refractivity contribution in [2.75, 3.05) is 20.3 Å². The Kier molecular flexibility index (Phi) is 7.50. The Labute approximate surface area is 182 Å². The summed E-state index contributed by atoms with van der Waals surface area (Å²) in [7, 11) is 1.58. The molecule has 1 aliphatic heterocycles. The lowest BCUT2D eigenvalue weighted by molar-refractivity contribution is 0.186. The minimum Gasteiger partial charge on any atom is -0.495 e. The zero-order valence-corrected chi connectivity index (χ0v) is 18.4. The smallest absolute Gasteiger partial charge is 0.318 e. The highest BCUT2D eigenvalue weighted by Crippen LogP contribution is 2.29. The number of carbonyl (C=O) groups excluding carboxylic acids is 1. The summed E-state index contributed by atoms with van der Waals surface area (Å²) < 4.78 is 5.21. The molecule has 2 atom stereocenters. The summed E-state index contributed by atoms with van der Waals surface area (Å²) in [4.78, 5) is 23.8. The molecule has 162 valence electrons. The van der Waals surface area contributed by atoms with E-state index < -0.39 is 0 Å². The van der Waals surface area contributed by atoms with E-state index in [1.807, 2.05) is 38.2 Å². The Balaban J connectivity index is 1.68. The molecule has 0 saturated carbocycles. The number of amides is 2. The lowest BCUT2D eigenvalue weighted by Crippen LogP contribution is -2.44. The normalized spacial score (nSPS) is 15.3. The fraction of sp³-hybridized carbons (Fsp3) is 0.500. The maximum absolute atomic E-state index is 12.9. The molecule has 0 aliphatic carbocycles. The molecule has 0 saturated heterocycles. The van der Waals surface area contributed by atoms with E-state index >= 15 is 0 Å². The van der Waals surface area contributed by atoms with Gasteiger partial charge in [-0.15, -0.1) is 0 Å². The number of benzene rings is 1. The Morgan fingerprint density at radius 1 is 1.43 bits per heavy atom. The van der Waals surface area contributed by atoms with Crippen molar-refractivity contribution in [2.24, 2.45) is 5.92 Å². The Morgan fingerprint density at radius 2 is 2.23 bits per heavy atom. The molecule has 2 heterocycles. The van der Waals surface area contributed by atoms with Crippen LogP contribution in [0.25, 0.3) is 0 Å². The standard InChI is InChI=1S/C22H29ClN4O3/c1-4-18(15-5-6-20(30-3)17(23)10-15)26-22(29)27-8-7-16-11-24-21(9-14(2)13-28)25-19(16)12-27/h5-6,10-11,14,18,28H,4,7-9,12-13H2,1-3H3,(H,26,29)/t14-,18-/m1/s1. The quantitative estimate of drug-likeness (QED) is 0.698. The van der Waals surface area contributed by atoms with Crippen molar-refractivity contribution in [1.29, 1.82) is 0 Å². The number of carbonyl (C=O) groups is 1. The number of halogens is 1. The fourth-order valence-corrected chi connectivity index (χ4v) is 3.82. The van der Waals surface area contributed by atoms with Crippen LogP contribution in [0.4, 0.5) is 4.79 Å². The predicted molar refractivity (Wildman–Crippen MR) is 116 cm³/mol. The molecule has 0 bridgehead atoms. The SMILES string of the molecule is CC[C@@H](NC(=O)N1CCc2cnc(C[C@@H](C)CO)nc2C1)c1ccc(OC)c(Cl)c1. The highest BCUT2D eigenvalue weighted by molar-refractivity contribution is 6.32. The zero-order chi connectivity index (χ0) is 21.7. The number of fused-ring (bicyclic) bond motifs is 1. The van der Waals surface area contributed by atoms with Gasteiger partial charge in [0.05, 0.1) is 30.4 Å². The number of aliphatic hydroxyl groups excluding tert-OH is 1. The third-order valence-corrected chi connectivity index (χ3v) is 5.71. The number of ether oxygens (including phenoxy) is 1. The van der Waals surface area contributed by atoms with Crippen LogP contribution in [0.1, 0.15) is 49.0 Å². The Bertz CT molecular complexity index is 893. The van der Waals surface area contributed by atoms with Crippen LogP contribution in [-0.4, -0.2) is 46.3 Å². The van der Waals surface area contributed by atoms with E-state index in [9.17, 15) is 9.90 Å². The number of aliphatic hydroxyl groups is 1. The largest absolute Gasteiger partial charge is 0.495 e. The van der Waals surface area contributed by atoms with Gasteiger partial charge in [0.25, 0.3) is 0 Å². The van der Waals surface area contributed by atoms with Gasteiger partial charge in [-0.1, -0.05) is 31.5 Å². The topological polar surface area (TPSA) is 87.6 Å². The molecule has 0 unspecified atom stereocenters. The molecule has 1 aliphatic rings. The van der Waals surface area contributed by atoms with Gasteiger partial charge in [-0.3, -0.25) is 0 Å². The molecule has 1 aromatic heterocycles. The van der Waals surface area contributed by atoms with Crippen LogP contribution in [0.2, 0.25) is 5.02 Å². The average molecular weight is 433 g/mol. The predicted octanol–water partition coefficient (Wildman–Crippen LogP) is 3.53. The highest BCUT2D eigenvalue weighted by atomic mass is 35.5. The van der Waals surface area contributed by atoms with Gasteiger partial charge >= 0.3 is 6.03 Å². The highest BCUT2D eigenvalue weighted by Gasteiger charge is 2.25. The number of rotatable bonds is 7. The van der Waals surface area contributed by atoms with E-state index in [-0.39, 0.29) is 24.6 Å². The van der Waals surface area contributed by atoms with Crippen LogP contribution in [0.5, 0.6) is 5.75 Å². The van der Waals surface area contributed by atoms with Gasteiger partial charge in [0, 0.05) is 25.8 Å². The number of nitrogens with zero attached hydrogens (tertiary/aromatic N) is 3. The van der Waals surface area contributed by atoms with Gasteiger partial charge in [-0.2, -0.15) is 0 Å². The van der Waals surface area contributed by atoms with E-state index in [1.165, 1.54) is 0 Å². The first-order valence-electron chi connectivity index (χ1n) is 10.3. The number of nitrogens with one attached hydrogen (secondary N) is 1. The first-order valence-corrected chi connectivity index (χ1v) is 10.7. The van der Waals surface area contributed by atoms with Crippen LogP contribution in [0.15, 0.2) is 24.4 Å². The second-order valence-corrected chi connectivity index (χ2v) is 8.13. The summed E-state index contributed by atoms with van der Waals surface area (Å²) >= 11 is 6.26. The number of urea groups is 1. The molecular weight excluding hydrogens is 404 g/mol. The molecule has 2 aromatic rings. The second-order valence-electron chi connectivity index (χ2n) is 7.73. The number of hydrogen-bond donors (Lipinski definition) is 2. The van der Waals surface area contributed by atoms with Crippen molar-refractivity contribution in [3.8, 4) is 5.75 Å². The molecule has 2 N–H and O–H groups in total. The summed E-state index contributed by atoms with van der Waals surface area (Å²) in [6.07, 6.45) is 3.94. The van der Waals surface area contributed by atoms with Gasteiger partial charge in [0.1, 0.15) is 11.6 Å². The molecule has 3 rings (SSSR count). The van der Waals surface area contributed by atoms with Crippen molar-refractivity contribution < 1.29 is 14.6 Å². The fourth-order valence-electron chi connectivity index (χ4n) is 3.55. The molecule has 0 radical (unpaired) electrons. The summed E-state index contributed by atoms with van der Waals surface area (Å²) in [6.45, 7) is 5.15. The van der Waals surface area contributed by atoms with E-state index in [4.69, 9.17) is 16.3 Å². The average Bonchev–Trinajstić information content (AvgIpc) is 2.76. The van der Waals surface area contributed by atoms with Crippen LogP contribution in [-0.2, 0) is 19.4 Å². The lowest BCUT2D eigenvalue weighted by Gasteiger charge is -2.30. The first kappa shape index (κ1) is 22.3. The summed E-state index contributed by atoms with van der Waals surface area (Å²) in [5.74, 6) is 1.42. The molecule has 1 aromatic carbocycles. The first-order chi connectivity index (χ1) is 14.4. The van der Waals surface area contributed by atoms with E-state index in [1.54, 1.807) is 12.0 Å². The zero-order valence-electron chi connectivity index (χ0n) is 17.7. The van der Waals surface area contributed by atoms with Gasteiger partial charge in [-0.05, 0) is 42.0 Å². The van der Waals surface area contributed by atoms with Gasteiger partial charge < -0.3 is 20.1 Å². The Morgan fingerprint density at radius 3 is 2.90 bits per heavy atom. The van der Waals surface area contributed by atoms with Crippen LogP contribution in [0, 0.1) is 5.92 Å². The summed E-state index contributed by atoms with van der Waals surface area (Å²) in [5, 5.41) is 12.9. The number of methoxy groups -OCH3 is 1. The minimum atomic E-state index is -0.145. The summed E-state index contributed by atoms with van der Waals surface area (Å²) in [5.41, 5.74) is 2.90. The maximum Gasteiger partial charge on any atom is 0.318 e. The van der Waals surface area contributed by atoms with Crippen LogP contribution < -0.4 is 10.1 Å². The monoisotopic (exact) mass is 432 g/mol. The third-order valence-electron chi connectivity index (χ3n) is 5.41. The summed E-state index contributed by atoms with van der Waals surface area (Å²) in [6, 6.07) is 5.31. The molecule has 30 heavy (non-hydrogen) atoms. The van der Waals surface area contributed by atoms with Gasteiger partial charge in [-0.25, -0.2) is 14.8 Å². The van der Waals surface area contributed by atoms with E-state index in [2.05, 4.69) is 15.3 Å². The van der Waals surface area contributed by atoms with Crippen molar-refractivity contribution in [3.05, 3.63) is 52.1 Å². The molecule has 2 amide bonds. The van der Waals surface area contributed by atoms with E-state index in [0.29, 0.717) is 36.1 Å². The van der Waals surface area contributed by atoms with E-state index in [0.717, 1.165) is 29.7 Å². The van der Waals surface area contributed by atoms with Crippen molar-refractivity contribution >= 4 is 17.6 Å². The number of hydrogen-bond acceptors (Lipinski definition) is 5. The lowest BCUT2D eigenvalue weighted by atomic mass is 10.0. The third kappa shape index (κ3) is 5.21. The van der Waals surface area contributed by atoms with Crippen molar-refractivity contribution in [1.82, 2.24) is 20.2 Å². The van der Waals surface area contributed by atoms with Crippen molar-refractivity contribution in [3.63, 3.8) is 0 Å². The molecule has 0 fully saturated rings. The molecule has 7 nitrogen and oxygen atoms in total.